The van der Waals surface area contributed by atoms with E-state index >= 15 is 0 Å². The van der Waals surface area contributed by atoms with E-state index in [1.165, 1.54) is 0 Å². The molecule has 2 aromatic heterocycles. The standard InChI is InChI=1S/C11H17N5OS/c1-4-7(2)18-6-9-14-11(17-15-9)8-5-13-16(3)10(8)12/h5,7H,4,6,12H2,1-3H3. The predicted octanol–water partition coefficient (Wildman–Crippen LogP) is 2.08. The second-order valence-corrected chi connectivity index (χ2v) is 5.54. The van der Waals surface area contributed by atoms with Crippen LogP contribution in [0, 0.1) is 0 Å². The number of nitrogens with two attached hydrogens (primary N) is 1. The van der Waals surface area contributed by atoms with Crippen LogP contribution in [0.4, 0.5) is 5.82 Å². The average molecular weight is 267 g/mol. The molecular formula is C11H17N5OS. The van der Waals surface area contributed by atoms with Gasteiger partial charge in [0.2, 0.25) is 0 Å². The molecule has 0 spiro atoms. The van der Waals surface area contributed by atoms with Gasteiger partial charge in [-0.05, 0) is 6.42 Å². The average Bonchev–Trinajstić information content (AvgIpc) is 2.95. The van der Waals surface area contributed by atoms with Crippen LogP contribution in [0.1, 0.15) is 26.1 Å². The van der Waals surface area contributed by atoms with Gasteiger partial charge in [-0.25, -0.2) is 0 Å². The van der Waals surface area contributed by atoms with Crippen molar-refractivity contribution in [3.8, 4) is 11.5 Å². The minimum atomic E-state index is 0.431. The molecule has 2 rings (SSSR count). The third-order valence-electron chi connectivity index (χ3n) is 2.75. The van der Waals surface area contributed by atoms with E-state index in [9.17, 15) is 0 Å². The lowest BCUT2D eigenvalue weighted by atomic mass is 10.3. The van der Waals surface area contributed by atoms with Crippen LogP contribution in [-0.4, -0.2) is 25.2 Å². The largest absolute Gasteiger partial charge is 0.383 e. The van der Waals surface area contributed by atoms with E-state index in [1.807, 2.05) is 11.8 Å². The molecule has 2 aromatic rings. The minimum absolute atomic E-state index is 0.431. The highest BCUT2D eigenvalue weighted by molar-refractivity contribution is 7.99. The molecule has 6 nitrogen and oxygen atoms in total. The number of rotatable bonds is 5. The molecule has 0 saturated heterocycles. The van der Waals surface area contributed by atoms with E-state index in [1.54, 1.807) is 17.9 Å². The van der Waals surface area contributed by atoms with E-state index in [0.717, 1.165) is 12.2 Å². The van der Waals surface area contributed by atoms with Gasteiger partial charge in [0.25, 0.3) is 5.89 Å². The van der Waals surface area contributed by atoms with Crippen molar-refractivity contribution in [1.82, 2.24) is 19.9 Å². The molecule has 2 heterocycles. The zero-order chi connectivity index (χ0) is 13.1. The first-order chi connectivity index (χ1) is 8.61. The summed E-state index contributed by atoms with van der Waals surface area (Å²) < 4.78 is 6.78. The van der Waals surface area contributed by atoms with Gasteiger partial charge in [-0.15, -0.1) is 0 Å². The van der Waals surface area contributed by atoms with Gasteiger partial charge in [0, 0.05) is 12.3 Å². The molecule has 2 N–H and O–H groups in total. The number of aromatic nitrogens is 4. The maximum absolute atomic E-state index is 5.86. The summed E-state index contributed by atoms with van der Waals surface area (Å²) in [6.45, 7) is 4.35. The normalized spacial score (nSPS) is 12.8. The molecule has 0 fully saturated rings. The molecule has 0 aromatic carbocycles. The number of aryl methyl sites for hydroxylation is 1. The Balaban J connectivity index is 2.08. The first-order valence-electron chi connectivity index (χ1n) is 5.83. The minimum Gasteiger partial charge on any atom is -0.383 e. The maximum Gasteiger partial charge on any atom is 0.263 e. The van der Waals surface area contributed by atoms with Crippen LogP contribution < -0.4 is 5.73 Å². The van der Waals surface area contributed by atoms with Crippen LogP contribution in [0.5, 0.6) is 0 Å². The summed E-state index contributed by atoms with van der Waals surface area (Å²) in [5, 5.41) is 8.59. The Hall–Kier alpha value is -1.50. The molecule has 1 atom stereocenters. The van der Waals surface area contributed by atoms with Gasteiger partial charge >= 0.3 is 0 Å². The van der Waals surface area contributed by atoms with E-state index in [4.69, 9.17) is 10.3 Å². The SMILES string of the molecule is CCC(C)SCc1noc(-c2cnn(C)c2N)n1. The van der Waals surface area contributed by atoms with Gasteiger partial charge in [0.1, 0.15) is 11.4 Å². The topological polar surface area (TPSA) is 82.8 Å². The molecule has 0 aliphatic heterocycles. The monoisotopic (exact) mass is 267 g/mol. The molecule has 0 bridgehead atoms. The molecule has 98 valence electrons. The Bertz CT molecular complexity index is 521. The summed E-state index contributed by atoms with van der Waals surface area (Å²) in [7, 11) is 1.77. The molecule has 0 saturated carbocycles. The summed E-state index contributed by atoms with van der Waals surface area (Å²) in [5.74, 6) is 2.40. The van der Waals surface area contributed by atoms with Crippen molar-refractivity contribution >= 4 is 17.6 Å². The van der Waals surface area contributed by atoms with Crippen molar-refractivity contribution in [2.45, 2.75) is 31.3 Å². The Morgan fingerprint density at radius 1 is 1.56 bits per heavy atom. The second-order valence-electron chi connectivity index (χ2n) is 4.11. The fourth-order valence-corrected chi connectivity index (χ4v) is 2.15. The van der Waals surface area contributed by atoms with E-state index in [0.29, 0.717) is 28.3 Å². The third kappa shape index (κ3) is 2.66. The van der Waals surface area contributed by atoms with Gasteiger partial charge in [-0.2, -0.15) is 21.8 Å². The van der Waals surface area contributed by atoms with E-state index < -0.39 is 0 Å². The molecule has 0 aliphatic carbocycles. The Kier molecular flexibility index (Phi) is 3.90. The van der Waals surface area contributed by atoms with E-state index in [-0.39, 0.29) is 0 Å². The summed E-state index contributed by atoms with van der Waals surface area (Å²) in [6.07, 6.45) is 2.76. The molecule has 0 amide bonds. The highest BCUT2D eigenvalue weighted by Gasteiger charge is 2.15. The molecule has 18 heavy (non-hydrogen) atoms. The second kappa shape index (κ2) is 5.43. The number of nitrogen functional groups attached to an aromatic ring is 1. The highest BCUT2D eigenvalue weighted by Crippen LogP contribution is 2.24. The van der Waals surface area contributed by atoms with E-state index in [2.05, 4.69) is 29.1 Å². The van der Waals surface area contributed by atoms with Crippen LogP contribution >= 0.6 is 11.8 Å². The number of thioether (sulfide) groups is 1. The molecule has 0 radical (unpaired) electrons. The lowest BCUT2D eigenvalue weighted by Crippen LogP contribution is -1.98. The summed E-state index contributed by atoms with van der Waals surface area (Å²) in [5.41, 5.74) is 6.54. The number of hydrogen-bond acceptors (Lipinski definition) is 6. The zero-order valence-corrected chi connectivity index (χ0v) is 11.6. The van der Waals surface area contributed by atoms with Crippen LogP contribution in [-0.2, 0) is 12.8 Å². The Morgan fingerprint density at radius 2 is 2.33 bits per heavy atom. The van der Waals surface area contributed by atoms with Crippen LogP contribution in [0.15, 0.2) is 10.7 Å². The lowest BCUT2D eigenvalue weighted by molar-refractivity contribution is 0.425. The third-order valence-corrected chi connectivity index (χ3v) is 4.08. The zero-order valence-electron chi connectivity index (χ0n) is 10.8. The molecule has 1 unspecified atom stereocenters. The Labute approximate surface area is 110 Å². The molecular weight excluding hydrogens is 250 g/mol. The fraction of sp³-hybridized carbons (Fsp3) is 0.545. The highest BCUT2D eigenvalue weighted by atomic mass is 32.2. The van der Waals surface area contributed by atoms with Crippen molar-refractivity contribution in [3.63, 3.8) is 0 Å². The smallest absolute Gasteiger partial charge is 0.263 e. The van der Waals surface area contributed by atoms with Crippen molar-refractivity contribution in [2.24, 2.45) is 7.05 Å². The van der Waals surface area contributed by atoms with Crippen molar-refractivity contribution in [1.29, 1.82) is 0 Å². The van der Waals surface area contributed by atoms with Crippen LogP contribution in [0.3, 0.4) is 0 Å². The first-order valence-corrected chi connectivity index (χ1v) is 6.88. The number of anilines is 1. The predicted molar refractivity (Wildman–Crippen MR) is 72.0 cm³/mol. The summed E-state index contributed by atoms with van der Waals surface area (Å²) in [4.78, 5) is 4.33. The lowest BCUT2D eigenvalue weighted by Gasteiger charge is -2.04. The first kappa shape index (κ1) is 12.9. The molecule has 0 aliphatic rings. The summed E-state index contributed by atoms with van der Waals surface area (Å²) in [6, 6.07) is 0. The fourth-order valence-electron chi connectivity index (χ4n) is 1.37. The van der Waals surface area contributed by atoms with Gasteiger partial charge < -0.3 is 10.3 Å². The van der Waals surface area contributed by atoms with Crippen LogP contribution in [0.25, 0.3) is 11.5 Å². The maximum atomic E-state index is 5.86. The quantitative estimate of drug-likeness (QED) is 0.893. The number of nitrogens with zero attached hydrogens (tertiary/aromatic N) is 4. The van der Waals surface area contributed by atoms with Crippen molar-refractivity contribution in [2.75, 3.05) is 5.73 Å². The number of hydrogen-bond donors (Lipinski definition) is 1. The van der Waals surface area contributed by atoms with Gasteiger partial charge in [-0.1, -0.05) is 19.0 Å². The van der Waals surface area contributed by atoms with Gasteiger partial charge in [0.05, 0.1) is 11.9 Å². The van der Waals surface area contributed by atoms with Crippen LogP contribution in [0.2, 0.25) is 0 Å². The summed E-state index contributed by atoms with van der Waals surface area (Å²) >= 11 is 1.81. The van der Waals surface area contributed by atoms with Crippen molar-refractivity contribution < 1.29 is 4.52 Å². The molecule has 7 heteroatoms. The van der Waals surface area contributed by atoms with Gasteiger partial charge in [0.15, 0.2) is 5.82 Å². The van der Waals surface area contributed by atoms with Gasteiger partial charge in [-0.3, -0.25) is 4.68 Å². The van der Waals surface area contributed by atoms with Crippen molar-refractivity contribution in [3.05, 3.63) is 12.0 Å². The Morgan fingerprint density at radius 3 is 2.94 bits per heavy atom.